The number of carboxylic acid groups (broad SMARTS) is 1. The number of hydrogen-bond acceptors (Lipinski definition) is 4. The first-order valence-electron chi connectivity index (χ1n) is 13.1. The Bertz CT molecular complexity index is 1140. The molecule has 36 heavy (non-hydrogen) atoms. The first kappa shape index (κ1) is 26.4. The number of benzene rings is 2. The largest absolute Gasteiger partial charge is 0.479 e. The Morgan fingerprint density at radius 3 is 2.08 bits per heavy atom. The third kappa shape index (κ3) is 5.50. The summed E-state index contributed by atoms with van der Waals surface area (Å²) in [6.07, 6.45) is 2.27. The van der Waals surface area contributed by atoms with Crippen molar-refractivity contribution in [2.24, 2.45) is 0 Å². The van der Waals surface area contributed by atoms with Gasteiger partial charge in [-0.3, -0.25) is 9.69 Å². The quantitative estimate of drug-likeness (QED) is 0.573. The van der Waals surface area contributed by atoms with E-state index in [-0.39, 0.29) is 5.91 Å². The molecule has 0 radical (unpaired) electrons. The lowest BCUT2D eigenvalue weighted by atomic mass is 9.83. The maximum atomic E-state index is 13.0. The molecule has 1 N–H and O–H groups in total. The van der Waals surface area contributed by atoms with E-state index in [1.54, 1.807) is 0 Å². The van der Waals surface area contributed by atoms with E-state index in [1.165, 1.54) is 12.0 Å². The van der Waals surface area contributed by atoms with E-state index in [2.05, 4.69) is 36.1 Å². The molecule has 1 saturated heterocycles. The minimum absolute atomic E-state index is 0.191. The fourth-order valence-corrected chi connectivity index (χ4v) is 5.64. The number of carboxylic acids is 1. The topological polar surface area (TPSA) is 70.1 Å². The first-order chi connectivity index (χ1) is 17.0. The summed E-state index contributed by atoms with van der Waals surface area (Å²) < 4.78 is 6.16. The molecule has 194 valence electrons. The fourth-order valence-electron chi connectivity index (χ4n) is 5.64. The molecule has 6 heteroatoms. The van der Waals surface area contributed by atoms with Crippen molar-refractivity contribution in [1.82, 2.24) is 9.80 Å². The molecule has 2 aliphatic rings. The maximum Gasteiger partial charge on any atom is 0.337 e. The lowest BCUT2D eigenvalue weighted by molar-refractivity contribution is -0.160. The molecule has 0 saturated carbocycles. The van der Waals surface area contributed by atoms with Crippen molar-refractivity contribution in [2.45, 2.75) is 85.6 Å². The van der Waals surface area contributed by atoms with Crippen LogP contribution in [-0.2, 0) is 27.4 Å². The van der Waals surface area contributed by atoms with Gasteiger partial charge in [0, 0.05) is 31.7 Å². The zero-order valence-electron chi connectivity index (χ0n) is 22.6. The maximum absolute atomic E-state index is 13.0. The van der Waals surface area contributed by atoms with Crippen LogP contribution in [0.15, 0.2) is 24.3 Å². The second-order valence-electron chi connectivity index (χ2n) is 11.4. The molecule has 0 bridgehead atoms. The molecule has 1 fully saturated rings. The number of carbonyl (C=O) groups is 2. The molecule has 0 aromatic heterocycles. The Kier molecular flexibility index (Phi) is 7.58. The standard InChI is InChI=1S/C30H40N2O4/c1-19-10-12-22(13-11-19)26-20(2)23-16-31(18-25(33)32-14-8-7-9-15-32)17-24(23)21(3)27(26)28(29(34)35)36-30(4,5)6/h10-13,28H,7-9,14-18H2,1-6H3,(H,34,35)/t28-/m0/s1. The van der Waals surface area contributed by atoms with Crippen molar-refractivity contribution >= 4 is 11.9 Å². The third-order valence-electron chi connectivity index (χ3n) is 7.45. The molecule has 1 atom stereocenters. The summed E-state index contributed by atoms with van der Waals surface area (Å²) in [5.74, 6) is -0.799. The van der Waals surface area contributed by atoms with Gasteiger partial charge in [0.1, 0.15) is 0 Å². The van der Waals surface area contributed by atoms with Crippen molar-refractivity contribution in [3.63, 3.8) is 0 Å². The summed E-state index contributed by atoms with van der Waals surface area (Å²) in [4.78, 5) is 29.8. The first-order valence-corrected chi connectivity index (χ1v) is 13.1. The number of amides is 1. The number of carbonyl (C=O) groups excluding carboxylic acids is 1. The number of aryl methyl sites for hydroxylation is 1. The SMILES string of the molecule is Cc1ccc(-c2c(C)c3c(c(C)c2[C@H](OC(C)(C)C)C(=O)O)CN(CC(=O)N2CCCCC2)C3)cc1. The highest BCUT2D eigenvalue weighted by atomic mass is 16.5. The predicted molar refractivity (Wildman–Crippen MR) is 142 cm³/mol. The molecule has 0 unspecified atom stereocenters. The number of rotatable bonds is 6. The van der Waals surface area contributed by atoms with E-state index in [1.807, 2.05) is 39.5 Å². The van der Waals surface area contributed by atoms with Crippen LogP contribution in [0, 0.1) is 20.8 Å². The zero-order valence-corrected chi connectivity index (χ0v) is 22.6. The highest BCUT2D eigenvalue weighted by Gasteiger charge is 2.36. The second-order valence-corrected chi connectivity index (χ2v) is 11.4. The van der Waals surface area contributed by atoms with Gasteiger partial charge in [-0.1, -0.05) is 29.8 Å². The lowest BCUT2D eigenvalue weighted by Crippen LogP contribution is -2.41. The van der Waals surface area contributed by atoms with Gasteiger partial charge in [-0.15, -0.1) is 0 Å². The number of hydrogen-bond donors (Lipinski definition) is 1. The normalized spacial score (nSPS) is 17.2. The number of nitrogens with zero attached hydrogens (tertiary/aromatic N) is 2. The van der Waals surface area contributed by atoms with E-state index in [9.17, 15) is 14.7 Å². The fraction of sp³-hybridized carbons (Fsp3) is 0.533. The molecule has 2 aliphatic heterocycles. The molecule has 4 rings (SSSR count). The van der Waals surface area contributed by atoms with Gasteiger partial charge in [0.2, 0.25) is 5.91 Å². The van der Waals surface area contributed by atoms with Crippen LogP contribution < -0.4 is 0 Å². The molecule has 2 aromatic rings. The van der Waals surface area contributed by atoms with E-state index < -0.39 is 17.7 Å². The number of aliphatic carboxylic acids is 1. The molecular formula is C30H40N2O4. The monoisotopic (exact) mass is 492 g/mol. The van der Waals surface area contributed by atoms with Gasteiger partial charge in [-0.25, -0.2) is 4.79 Å². The van der Waals surface area contributed by atoms with E-state index in [0.717, 1.165) is 64.9 Å². The van der Waals surface area contributed by atoms with Crippen LogP contribution in [0.1, 0.15) is 79.5 Å². The Morgan fingerprint density at radius 1 is 0.944 bits per heavy atom. The minimum Gasteiger partial charge on any atom is -0.479 e. The molecular weight excluding hydrogens is 452 g/mol. The Balaban J connectivity index is 1.78. The van der Waals surface area contributed by atoms with Gasteiger partial charge in [-0.05, 0) is 94.2 Å². The van der Waals surface area contributed by atoms with Crippen LogP contribution in [0.3, 0.4) is 0 Å². The zero-order chi connectivity index (χ0) is 26.2. The summed E-state index contributed by atoms with van der Waals surface area (Å²) in [7, 11) is 0. The van der Waals surface area contributed by atoms with Crippen molar-refractivity contribution < 1.29 is 19.4 Å². The molecule has 1 amide bonds. The molecule has 2 heterocycles. The molecule has 0 spiro atoms. The minimum atomic E-state index is -1.09. The summed E-state index contributed by atoms with van der Waals surface area (Å²) >= 11 is 0. The number of piperidine rings is 1. The number of ether oxygens (including phenoxy) is 1. The highest BCUT2D eigenvalue weighted by Crippen LogP contribution is 2.43. The van der Waals surface area contributed by atoms with Gasteiger partial charge in [0.15, 0.2) is 6.10 Å². The van der Waals surface area contributed by atoms with Crippen molar-refractivity contribution in [1.29, 1.82) is 0 Å². The Labute approximate surface area is 215 Å². The van der Waals surface area contributed by atoms with Gasteiger partial charge < -0.3 is 14.7 Å². The average Bonchev–Trinajstić information content (AvgIpc) is 3.25. The van der Waals surface area contributed by atoms with Crippen LogP contribution in [0.4, 0.5) is 0 Å². The number of likely N-dealkylation sites (tertiary alicyclic amines) is 1. The summed E-state index contributed by atoms with van der Waals surface area (Å²) in [6, 6.07) is 8.25. The van der Waals surface area contributed by atoms with Crippen molar-refractivity contribution in [2.75, 3.05) is 19.6 Å². The van der Waals surface area contributed by atoms with Crippen LogP contribution in [-0.4, -0.2) is 52.0 Å². The summed E-state index contributed by atoms with van der Waals surface area (Å²) in [5, 5.41) is 10.3. The van der Waals surface area contributed by atoms with Gasteiger partial charge in [0.05, 0.1) is 12.1 Å². The van der Waals surface area contributed by atoms with E-state index in [4.69, 9.17) is 4.74 Å². The average molecular weight is 493 g/mol. The van der Waals surface area contributed by atoms with Gasteiger partial charge in [0.25, 0.3) is 0 Å². The Hall–Kier alpha value is -2.70. The van der Waals surface area contributed by atoms with Crippen molar-refractivity contribution in [3.05, 3.63) is 57.6 Å². The third-order valence-corrected chi connectivity index (χ3v) is 7.45. The molecule has 2 aromatic carbocycles. The number of fused-ring (bicyclic) bond motifs is 1. The summed E-state index contributed by atoms with van der Waals surface area (Å²) in [5.41, 5.74) is 7.55. The van der Waals surface area contributed by atoms with Gasteiger partial charge >= 0.3 is 5.97 Å². The lowest BCUT2D eigenvalue weighted by Gasteiger charge is -2.30. The van der Waals surface area contributed by atoms with Gasteiger partial charge in [-0.2, -0.15) is 0 Å². The smallest absolute Gasteiger partial charge is 0.337 e. The van der Waals surface area contributed by atoms with Crippen molar-refractivity contribution in [3.8, 4) is 11.1 Å². The summed E-state index contributed by atoms with van der Waals surface area (Å²) in [6.45, 7) is 15.2. The van der Waals surface area contributed by atoms with E-state index in [0.29, 0.717) is 19.6 Å². The van der Waals surface area contributed by atoms with Crippen LogP contribution in [0.5, 0.6) is 0 Å². The van der Waals surface area contributed by atoms with Crippen LogP contribution >= 0.6 is 0 Å². The molecule has 6 nitrogen and oxygen atoms in total. The predicted octanol–water partition coefficient (Wildman–Crippen LogP) is 5.55. The molecule has 0 aliphatic carbocycles. The second kappa shape index (κ2) is 10.3. The van der Waals surface area contributed by atoms with Crippen LogP contribution in [0.2, 0.25) is 0 Å². The van der Waals surface area contributed by atoms with E-state index >= 15 is 0 Å². The van der Waals surface area contributed by atoms with Crippen LogP contribution in [0.25, 0.3) is 11.1 Å². The Morgan fingerprint density at radius 2 is 1.53 bits per heavy atom. The highest BCUT2D eigenvalue weighted by molar-refractivity contribution is 5.84.